The lowest BCUT2D eigenvalue weighted by atomic mass is 9.96. The fourth-order valence-electron chi connectivity index (χ4n) is 2.57. The molecule has 0 aromatic heterocycles. The molecular formula is C17H21N3O3. The zero-order valence-corrected chi connectivity index (χ0v) is 13.7. The molecule has 122 valence electrons. The van der Waals surface area contributed by atoms with Gasteiger partial charge in [-0.25, -0.2) is 4.79 Å². The Morgan fingerprint density at radius 1 is 1.04 bits per heavy atom. The van der Waals surface area contributed by atoms with Gasteiger partial charge in [-0.15, -0.1) is 0 Å². The highest BCUT2D eigenvalue weighted by molar-refractivity contribution is 6.27. The van der Waals surface area contributed by atoms with E-state index in [-0.39, 0.29) is 0 Å². The monoisotopic (exact) mass is 315 g/mol. The molecule has 1 aromatic rings. The SMILES string of the molecule is CCC(=NCCc1ccccc1)C1C(=O)N(C)C(=O)N(C)C1=O. The summed E-state index contributed by atoms with van der Waals surface area (Å²) in [5.41, 5.74) is 1.68. The maximum Gasteiger partial charge on any atom is 0.332 e. The first-order valence-electron chi connectivity index (χ1n) is 7.63. The number of hydrogen-bond donors (Lipinski definition) is 0. The van der Waals surface area contributed by atoms with Gasteiger partial charge in [-0.3, -0.25) is 24.4 Å². The van der Waals surface area contributed by atoms with E-state index < -0.39 is 23.8 Å². The third-order valence-corrected chi connectivity index (χ3v) is 3.98. The molecule has 1 heterocycles. The van der Waals surface area contributed by atoms with Crippen molar-refractivity contribution in [1.29, 1.82) is 0 Å². The van der Waals surface area contributed by atoms with Crippen LogP contribution in [0.25, 0.3) is 0 Å². The maximum atomic E-state index is 12.3. The molecule has 6 heteroatoms. The first-order valence-corrected chi connectivity index (χ1v) is 7.63. The molecule has 1 aliphatic rings. The summed E-state index contributed by atoms with van der Waals surface area (Å²) >= 11 is 0. The summed E-state index contributed by atoms with van der Waals surface area (Å²) in [6, 6.07) is 9.30. The Morgan fingerprint density at radius 2 is 1.61 bits per heavy atom. The van der Waals surface area contributed by atoms with Crippen molar-refractivity contribution >= 4 is 23.6 Å². The van der Waals surface area contributed by atoms with E-state index in [0.717, 1.165) is 21.8 Å². The van der Waals surface area contributed by atoms with Crippen molar-refractivity contribution in [2.75, 3.05) is 20.6 Å². The fourth-order valence-corrected chi connectivity index (χ4v) is 2.57. The summed E-state index contributed by atoms with van der Waals surface area (Å²) in [4.78, 5) is 42.8. The van der Waals surface area contributed by atoms with Crippen LogP contribution in [0.3, 0.4) is 0 Å². The smallest absolute Gasteiger partial charge is 0.292 e. The van der Waals surface area contributed by atoms with E-state index in [9.17, 15) is 14.4 Å². The quantitative estimate of drug-likeness (QED) is 0.614. The molecule has 23 heavy (non-hydrogen) atoms. The molecule has 0 radical (unpaired) electrons. The van der Waals surface area contributed by atoms with Gasteiger partial charge in [0.2, 0.25) is 11.8 Å². The average molecular weight is 315 g/mol. The number of benzene rings is 1. The van der Waals surface area contributed by atoms with Gasteiger partial charge in [0.05, 0.1) is 0 Å². The van der Waals surface area contributed by atoms with Crippen molar-refractivity contribution in [3.05, 3.63) is 35.9 Å². The predicted molar refractivity (Wildman–Crippen MR) is 87.2 cm³/mol. The molecule has 1 aliphatic heterocycles. The Balaban J connectivity index is 2.15. The van der Waals surface area contributed by atoms with Crippen LogP contribution in [0.1, 0.15) is 18.9 Å². The van der Waals surface area contributed by atoms with Gasteiger partial charge in [0.1, 0.15) is 0 Å². The zero-order chi connectivity index (χ0) is 17.0. The minimum absolute atomic E-state index is 0.493. The van der Waals surface area contributed by atoms with Crippen LogP contribution in [0.15, 0.2) is 35.3 Å². The van der Waals surface area contributed by atoms with Crippen LogP contribution in [0.4, 0.5) is 4.79 Å². The molecule has 0 bridgehead atoms. The highest BCUT2D eigenvalue weighted by Gasteiger charge is 2.44. The van der Waals surface area contributed by atoms with Crippen LogP contribution in [-0.4, -0.2) is 54.0 Å². The minimum Gasteiger partial charge on any atom is -0.292 e. The first-order chi connectivity index (χ1) is 11.0. The van der Waals surface area contributed by atoms with E-state index in [2.05, 4.69) is 4.99 Å². The molecule has 4 amide bonds. The summed E-state index contributed by atoms with van der Waals surface area (Å²) in [6.07, 6.45) is 1.23. The number of nitrogens with zero attached hydrogens (tertiary/aromatic N) is 3. The number of hydrogen-bond acceptors (Lipinski definition) is 4. The van der Waals surface area contributed by atoms with E-state index >= 15 is 0 Å². The van der Waals surface area contributed by atoms with Crippen LogP contribution in [0.5, 0.6) is 0 Å². The second-order valence-electron chi connectivity index (χ2n) is 5.47. The van der Waals surface area contributed by atoms with Gasteiger partial charge < -0.3 is 0 Å². The molecular weight excluding hydrogens is 294 g/mol. The minimum atomic E-state index is -0.983. The number of barbiturate groups is 1. The van der Waals surface area contributed by atoms with Gasteiger partial charge >= 0.3 is 6.03 Å². The van der Waals surface area contributed by atoms with Crippen molar-refractivity contribution in [2.45, 2.75) is 19.8 Å². The first kappa shape index (κ1) is 16.9. The van der Waals surface area contributed by atoms with Gasteiger partial charge in [0.25, 0.3) is 0 Å². The van der Waals surface area contributed by atoms with Crippen LogP contribution in [-0.2, 0) is 16.0 Å². The Kier molecular flexibility index (Phi) is 5.26. The summed E-state index contributed by atoms with van der Waals surface area (Å²) < 4.78 is 0. The van der Waals surface area contributed by atoms with E-state index in [4.69, 9.17) is 0 Å². The average Bonchev–Trinajstić information content (AvgIpc) is 2.58. The Hall–Kier alpha value is -2.50. The largest absolute Gasteiger partial charge is 0.332 e. The van der Waals surface area contributed by atoms with Crippen LogP contribution >= 0.6 is 0 Å². The number of urea groups is 1. The number of aliphatic imine (C=N–C) groups is 1. The van der Waals surface area contributed by atoms with E-state index in [1.807, 2.05) is 37.3 Å². The molecule has 1 fully saturated rings. The second kappa shape index (κ2) is 7.17. The summed E-state index contributed by atoms with van der Waals surface area (Å²) in [5.74, 6) is -1.99. The van der Waals surface area contributed by atoms with Crippen LogP contribution < -0.4 is 0 Å². The van der Waals surface area contributed by atoms with Gasteiger partial charge in [0, 0.05) is 26.4 Å². The van der Waals surface area contributed by atoms with E-state index in [0.29, 0.717) is 18.7 Å². The van der Waals surface area contributed by atoms with Crippen LogP contribution in [0.2, 0.25) is 0 Å². The number of imide groups is 2. The molecule has 2 rings (SSSR count). The summed E-state index contributed by atoms with van der Waals surface area (Å²) in [6.45, 7) is 2.37. The molecule has 0 aliphatic carbocycles. The van der Waals surface area contributed by atoms with Crippen molar-refractivity contribution in [3.63, 3.8) is 0 Å². The van der Waals surface area contributed by atoms with Gasteiger partial charge in [0.15, 0.2) is 5.92 Å². The van der Waals surface area contributed by atoms with Crippen molar-refractivity contribution in [2.24, 2.45) is 10.9 Å². The summed E-state index contributed by atoms with van der Waals surface area (Å²) in [7, 11) is 2.77. The van der Waals surface area contributed by atoms with Gasteiger partial charge in [-0.2, -0.15) is 0 Å². The van der Waals surface area contributed by atoms with Crippen LogP contribution in [0, 0.1) is 5.92 Å². The summed E-state index contributed by atoms with van der Waals surface area (Å²) in [5, 5.41) is 0. The Morgan fingerprint density at radius 3 is 2.13 bits per heavy atom. The number of rotatable bonds is 5. The highest BCUT2D eigenvalue weighted by atomic mass is 16.2. The van der Waals surface area contributed by atoms with E-state index in [1.54, 1.807) is 0 Å². The van der Waals surface area contributed by atoms with Gasteiger partial charge in [-0.1, -0.05) is 37.3 Å². The molecule has 0 unspecified atom stereocenters. The van der Waals surface area contributed by atoms with Crippen molar-refractivity contribution < 1.29 is 14.4 Å². The topological polar surface area (TPSA) is 70.1 Å². The normalized spacial score (nSPS) is 17.2. The fraction of sp³-hybridized carbons (Fsp3) is 0.412. The zero-order valence-electron chi connectivity index (χ0n) is 13.7. The molecule has 0 spiro atoms. The standard InChI is InChI=1S/C17H21N3O3/c1-4-13(18-11-10-12-8-6-5-7-9-12)14-15(21)19(2)17(23)20(3)16(14)22/h5-9,14H,4,10-11H2,1-3H3. The molecule has 6 nitrogen and oxygen atoms in total. The molecule has 1 aromatic carbocycles. The third-order valence-electron chi connectivity index (χ3n) is 3.98. The number of carbonyl (C=O) groups excluding carboxylic acids is 3. The Bertz CT molecular complexity index is 616. The molecule has 0 atom stereocenters. The highest BCUT2D eigenvalue weighted by Crippen LogP contribution is 2.18. The second-order valence-corrected chi connectivity index (χ2v) is 5.47. The van der Waals surface area contributed by atoms with Gasteiger partial charge in [-0.05, 0) is 18.4 Å². The third kappa shape index (κ3) is 3.47. The Labute approximate surface area is 135 Å². The lowest BCUT2D eigenvalue weighted by Crippen LogP contribution is -2.58. The molecule has 0 N–H and O–H groups in total. The predicted octanol–water partition coefficient (Wildman–Crippen LogP) is 1.75. The maximum absolute atomic E-state index is 12.3. The van der Waals surface area contributed by atoms with E-state index in [1.165, 1.54) is 14.1 Å². The lowest BCUT2D eigenvalue weighted by molar-refractivity contribution is -0.144. The number of carbonyl (C=O) groups is 3. The molecule has 1 saturated heterocycles. The van der Waals surface area contributed by atoms with Crippen molar-refractivity contribution in [1.82, 2.24) is 9.80 Å². The number of amides is 4. The molecule has 0 saturated carbocycles. The van der Waals surface area contributed by atoms with Crippen molar-refractivity contribution in [3.8, 4) is 0 Å². The lowest BCUT2D eigenvalue weighted by Gasteiger charge is -2.33.